The number of alkyl halides is 1. The molecule has 0 radical (unpaired) electrons. The maximum absolute atomic E-state index is 12.7. The van der Waals surface area contributed by atoms with Crippen LogP contribution in [0.1, 0.15) is 47.2 Å². The van der Waals surface area contributed by atoms with Crippen LogP contribution in [-0.4, -0.2) is 5.78 Å². The Kier molecular flexibility index (Phi) is 2.36. The molecule has 0 heterocycles. The fourth-order valence-electron chi connectivity index (χ4n) is 1.73. The van der Waals surface area contributed by atoms with E-state index in [9.17, 15) is 9.18 Å². The fraction of sp³-hybridized carbons (Fsp3) is 0.417. The van der Waals surface area contributed by atoms with E-state index in [0.717, 1.165) is 18.4 Å². The molecule has 0 atom stereocenters. The normalized spacial score (nSPS) is 15.6. The molecule has 0 bridgehead atoms. The molecule has 74 valence electrons. The average molecular weight is 192 g/mol. The highest BCUT2D eigenvalue weighted by Gasteiger charge is 2.26. The molecule has 0 aliphatic heterocycles. The number of ketones is 1. The molecule has 0 aromatic heterocycles. The molecule has 1 nitrogen and oxygen atoms in total. The molecule has 14 heavy (non-hydrogen) atoms. The zero-order chi connectivity index (χ0) is 10.1. The van der Waals surface area contributed by atoms with Crippen molar-refractivity contribution in [3.63, 3.8) is 0 Å². The van der Waals surface area contributed by atoms with Gasteiger partial charge in [-0.05, 0) is 42.9 Å². The number of hydrogen-bond donors (Lipinski definition) is 0. The number of rotatable bonds is 3. The maximum Gasteiger partial charge on any atom is 0.159 e. The van der Waals surface area contributed by atoms with Gasteiger partial charge in [0.15, 0.2) is 5.78 Å². The second-order valence-corrected chi connectivity index (χ2v) is 3.88. The Bertz CT molecular complexity index is 367. The third-order valence-electron chi connectivity index (χ3n) is 2.71. The van der Waals surface area contributed by atoms with Gasteiger partial charge in [0, 0.05) is 5.56 Å². The van der Waals surface area contributed by atoms with Gasteiger partial charge < -0.3 is 0 Å². The van der Waals surface area contributed by atoms with Gasteiger partial charge in [-0.25, -0.2) is 4.39 Å². The minimum atomic E-state index is -0.465. The van der Waals surface area contributed by atoms with Gasteiger partial charge in [-0.1, -0.05) is 12.1 Å². The van der Waals surface area contributed by atoms with Crippen molar-refractivity contribution in [2.45, 2.75) is 32.4 Å². The SMILES string of the molecule is CC(=O)c1ccc(C2CC2)c(CF)c1. The van der Waals surface area contributed by atoms with Gasteiger partial charge in [-0.15, -0.1) is 0 Å². The summed E-state index contributed by atoms with van der Waals surface area (Å²) < 4.78 is 12.7. The predicted molar refractivity (Wildman–Crippen MR) is 53.2 cm³/mol. The summed E-state index contributed by atoms with van der Waals surface area (Å²) in [4.78, 5) is 11.1. The van der Waals surface area contributed by atoms with Crippen LogP contribution in [0, 0.1) is 0 Å². The lowest BCUT2D eigenvalue weighted by Crippen LogP contribution is -1.97. The fourth-order valence-corrected chi connectivity index (χ4v) is 1.73. The lowest BCUT2D eigenvalue weighted by molar-refractivity contribution is 0.101. The Morgan fingerprint density at radius 1 is 1.50 bits per heavy atom. The van der Waals surface area contributed by atoms with E-state index in [2.05, 4.69) is 0 Å². The quantitative estimate of drug-likeness (QED) is 0.672. The minimum absolute atomic E-state index is 0.00190. The van der Waals surface area contributed by atoms with Crippen molar-refractivity contribution in [3.05, 3.63) is 34.9 Å². The van der Waals surface area contributed by atoms with Gasteiger partial charge in [-0.3, -0.25) is 4.79 Å². The first kappa shape index (κ1) is 9.38. The van der Waals surface area contributed by atoms with Crippen LogP contribution in [0.15, 0.2) is 18.2 Å². The first-order valence-corrected chi connectivity index (χ1v) is 4.92. The average Bonchev–Trinajstić information content (AvgIpc) is 3.00. The van der Waals surface area contributed by atoms with Crippen LogP contribution in [0.5, 0.6) is 0 Å². The van der Waals surface area contributed by atoms with E-state index in [1.165, 1.54) is 6.92 Å². The maximum atomic E-state index is 12.7. The van der Waals surface area contributed by atoms with Gasteiger partial charge in [0.05, 0.1) is 0 Å². The molecule has 0 saturated heterocycles. The summed E-state index contributed by atoms with van der Waals surface area (Å²) in [5.41, 5.74) is 2.40. The Balaban J connectivity index is 2.38. The van der Waals surface area contributed by atoms with E-state index in [-0.39, 0.29) is 5.78 Å². The van der Waals surface area contributed by atoms with Crippen LogP contribution in [0.2, 0.25) is 0 Å². The minimum Gasteiger partial charge on any atom is -0.295 e. The van der Waals surface area contributed by atoms with Crippen LogP contribution < -0.4 is 0 Å². The molecule has 0 spiro atoms. The molecule has 1 aliphatic carbocycles. The smallest absolute Gasteiger partial charge is 0.159 e. The summed E-state index contributed by atoms with van der Waals surface area (Å²) in [5.74, 6) is 0.545. The second kappa shape index (κ2) is 3.52. The van der Waals surface area contributed by atoms with Crippen molar-refractivity contribution in [3.8, 4) is 0 Å². The van der Waals surface area contributed by atoms with Crippen molar-refractivity contribution < 1.29 is 9.18 Å². The van der Waals surface area contributed by atoms with E-state index in [1.807, 2.05) is 6.07 Å². The highest BCUT2D eigenvalue weighted by molar-refractivity contribution is 5.94. The summed E-state index contributed by atoms with van der Waals surface area (Å²) in [6.45, 7) is 1.04. The molecule has 0 unspecified atom stereocenters. The monoisotopic (exact) mass is 192 g/mol. The van der Waals surface area contributed by atoms with Gasteiger partial charge in [0.25, 0.3) is 0 Å². The van der Waals surface area contributed by atoms with Gasteiger partial charge in [-0.2, -0.15) is 0 Å². The Labute approximate surface area is 82.9 Å². The summed E-state index contributed by atoms with van der Waals surface area (Å²) in [5, 5.41) is 0. The Morgan fingerprint density at radius 2 is 2.21 bits per heavy atom. The lowest BCUT2D eigenvalue weighted by Gasteiger charge is -2.06. The van der Waals surface area contributed by atoms with Crippen LogP contribution in [-0.2, 0) is 6.67 Å². The largest absolute Gasteiger partial charge is 0.295 e. The highest BCUT2D eigenvalue weighted by Crippen LogP contribution is 2.42. The van der Waals surface area contributed by atoms with Crippen molar-refractivity contribution in [1.29, 1.82) is 0 Å². The summed E-state index contributed by atoms with van der Waals surface area (Å²) in [6.07, 6.45) is 2.32. The number of carbonyl (C=O) groups is 1. The van der Waals surface area contributed by atoms with Gasteiger partial charge in [0.1, 0.15) is 6.67 Å². The van der Waals surface area contributed by atoms with E-state index < -0.39 is 6.67 Å². The van der Waals surface area contributed by atoms with E-state index in [0.29, 0.717) is 17.0 Å². The second-order valence-electron chi connectivity index (χ2n) is 3.88. The zero-order valence-electron chi connectivity index (χ0n) is 8.22. The number of hydrogen-bond acceptors (Lipinski definition) is 1. The molecule has 1 aromatic carbocycles. The number of Topliss-reactive ketones (excluding diaryl/α,β-unsaturated/α-hetero) is 1. The zero-order valence-corrected chi connectivity index (χ0v) is 8.22. The summed E-state index contributed by atoms with van der Waals surface area (Å²) in [7, 11) is 0. The number of halogens is 1. The van der Waals surface area contributed by atoms with Crippen LogP contribution in [0.3, 0.4) is 0 Å². The van der Waals surface area contributed by atoms with Crippen molar-refractivity contribution in [2.24, 2.45) is 0 Å². The predicted octanol–water partition coefficient (Wildman–Crippen LogP) is 3.24. The third kappa shape index (κ3) is 1.69. The van der Waals surface area contributed by atoms with Crippen LogP contribution >= 0.6 is 0 Å². The molecule has 2 rings (SSSR count). The molecule has 1 aromatic rings. The van der Waals surface area contributed by atoms with E-state index >= 15 is 0 Å². The molecule has 1 aliphatic rings. The van der Waals surface area contributed by atoms with E-state index in [1.54, 1.807) is 12.1 Å². The molecular formula is C12H13FO. The van der Waals surface area contributed by atoms with Crippen molar-refractivity contribution in [1.82, 2.24) is 0 Å². The molecule has 1 saturated carbocycles. The van der Waals surface area contributed by atoms with Crippen LogP contribution in [0.4, 0.5) is 4.39 Å². The van der Waals surface area contributed by atoms with Crippen molar-refractivity contribution in [2.75, 3.05) is 0 Å². The molecule has 0 N–H and O–H groups in total. The standard InChI is InChI=1S/C12H13FO/c1-8(14)10-4-5-12(9-2-3-9)11(6-10)7-13/h4-6,9H,2-3,7H2,1H3. The third-order valence-corrected chi connectivity index (χ3v) is 2.71. The summed E-state index contributed by atoms with van der Waals surface area (Å²) in [6, 6.07) is 5.40. The molecule has 2 heteroatoms. The molecular weight excluding hydrogens is 179 g/mol. The van der Waals surface area contributed by atoms with Gasteiger partial charge >= 0.3 is 0 Å². The molecule has 0 amide bonds. The van der Waals surface area contributed by atoms with Crippen LogP contribution in [0.25, 0.3) is 0 Å². The van der Waals surface area contributed by atoms with Crippen molar-refractivity contribution >= 4 is 5.78 Å². The Hall–Kier alpha value is -1.18. The first-order valence-electron chi connectivity index (χ1n) is 4.92. The van der Waals surface area contributed by atoms with Gasteiger partial charge in [0.2, 0.25) is 0 Å². The Morgan fingerprint density at radius 3 is 2.71 bits per heavy atom. The molecule has 1 fully saturated rings. The first-order chi connectivity index (χ1) is 6.72. The highest BCUT2D eigenvalue weighted by atomic mass is 19.1. The number of benzene rings is 1. The lowest BCUT2D eigenvalue weighted by atomic mass is 10.00. The topological polar surface area (TPSA) is 17.1 Å². The summed E-state index contributed by atoms with van der Waals surface area (Å²) >= 11 is 0. The van der Waals surface area contributed by atoms with E-state index in [4.69, 9.17) is 0 Å². The number of carbonyl (C=O) groups excluding carboxylic acids is 1.